The molecule has 0 aromatic carbocycles. The summed E-state index contributed by atoms with van der Waals surface area (Å²) in [6.07, 6.45) is 37.2. The summed E-state index contributed by atoms with van der Waals surface area (Å²) >= 11 is 0. The lowest BCUT2D eigenvalue weighted by atomic mass is 9.73. The van der Waals surface area contributed by atoms with Crippen LogP contribution in [0.4, 0.5) is 0 Å². The number of fused-ring (bicyclic) bond motifs is 4. The Morgan fingerprint density at radius 3 is 1.98 bits per heavy atom. The molecule has 2 aliphatic heterocycles. The van der Waals surface area contributed by atoms with E-state index in [1.165, 1.54) is 28.0 Å². The number of nitrogens with zero attached hydrogens (tertiary/aromatic N) is 2. The van der Waals surface area contributed by atoms with Gasteiger partial charge in [0.2, 0.25) is 20.6 Å². The minimum Gasteiger partial charge on any atom is -0.489 e. The molecule has 56 heavy (non-hydrogen) atoms. The number of likely N-dealkylation sites (tertiary alicyclic amines) is 2. The van der Waals surface area contributed by atoms with Crippen LogP contribution in [0.1, 0.15) is 44.9 Å². The molecular formula is C47H56N2O5S2+2. The average Bonchev–Trinajstić information content (AvgIpc) is 3.53. The van der Waals surface area contributed by atoms with E-state index in [4.69, 9.17) is 4.74 Å². The van der Waals surface area contributed by atoms with Gasteiger partial charge in [0.25, 0.3) is 0 Å². The SMILES string of the molecule is C=CCOC1=C(C=CC2C(CC=C)C3C4=C(C=CC3[N+]2(C)C)CC(=S(=O)=O)C=C4)CCCC1=CC=C1C(CC=C)C2C3=C(C=CC2[N+]1(C)C)CC(=S(=O)=O)C=C3. The number of ether oxygens (including phenoxy) is 1. The van der Waals surface area contributed by atoms with Crippen molar-refractivity contribution in [1.82, 2.24) is 0 Å². The molecule has 0 aromatic heterocycles. The molecule has 7 rings (SSSR count). The van der Waals surface area contributed by atoms with Crippen molar-refractivity contribution in [2.75, 3.05) is 34.8 Å². The van der Waals surface area contributed by atoms with Crippen LogP contribution < -0.4 is 0 Å². The Balaban J connectivity index is 1.24. The molecule has 7 nitrogen and oxygen atoms in total. The molecule has 0 saturated carbocycles. The Hall–Kier alpha value is -4.28. The standard InChI is InChI=1S/C47H56N2O5S2/c1-8-12-39-41(48(4,5)43-26-18-33-29-35(55(50)51)20-22-37(33)45(39)43)24-16-31-14-11-15-32(47(31)54-28-10-3)17-25-42-40(13-9-2)46-38-23-21-36(56(52)53)30-34(38)19-27-44(46)49(42,6)7/h8-10,16-27,39-41,43-46H,1-3,11-15,28-30H2,4-7H3/q+2. The second kappa shape index (κ2) is 15.9. The first-order valence-electron chi connectivity index (χ1n) is 19.9. The van der Waals surface area contributed by atoms with E-state index in [1.54, 1.807) is 12.2 Å². The Labute approximate surface area is 336 Å². The maximum Gasteiger partial charge on any atom is 0.217 e. The molecule has 294 valence electrons. The first-order valence-corrected chi connectivity index (χ1v) is 22.0. The highest BCUT2D eigenvalue weighted by Gasteiger charge is 2.57. The monoisotopic (exact) mass is 792 g/mol. The maximum absolute atomic E-state index is 11.8. The molecule has 2 saturated heterocycles. The fraction of sp³-hybridized carbons (Fsp3) is 0.404. The third-order valence-corrected chi connectivity index (χ3v) is 14.9. The van der Waals surface area contributed by atoms with Gasteiger partial charge in [-0.2, -0.15) is 16.8 Å². The van der Waals surface area contributed by atoms with Crippen LogP contribution in [0.15, 0.2) is 156 Å². The first kappa shape index (κ1) is 39.9. The second-order valence-electron chi connectivity index (χ2n) is 17.1. The van der Waals surface area contributed by atoms with Gasteiger partial charge in [0.05, 0.1) is 43.8 Å². The summed E-state index contributed by atoms with van der Waals surface area (Å²) < 4.78 is 55.3. The van der Waals surface area contributed by atoms with Gasteiger partial charge < -0.3 is 9.22 Å². The van der Waals surface area contributed by atoms with Crippen LogP contribution in [-0.4, -0.2) is 88.5 Å². The topological polar surface area (TPSA) is 77.5 Å². The molecule has 0 bridgehead atoms. The first-order chi connectivity index (χ1) is 26.8. The Morgan fingerprint density at radius 2 is 1.38 bits per heavy atom. The zero-order valence-electron chi connectivity index (χ0n) is 33.2. The van der Waals surface area contributed by atoms with E-state index in [2.05, 4.69) is 96.5 Å². The third-order valence-electron chi connectivity index (χ3n) is 13.5. The van der Waals surface area contributed by atoms with Crippen molar-refractivity contribution in [2.45, 2.75) is 63.1 Å². The van der Waals surface area contributed by atoms with E-state index in [0.29, 0.717) is 35.1 Å². The summed E-state index contributed by atoms with van der Waals surface area (Å²) in [5.41, 5.74) is 8.43. The van der Waals surface area contributed by atoms with Crippen molar-refractivity contribution in [3.63, 3.8) is 0 Å². The van der Waals surface area contributed by atoms with Crippen molar-refractivity contribution in [2.24, 2.45) is 23.7 Å². The lowest BCUT2D eigenvalue weighted by Crippen LogP contribution is -2.50. The van der Waals surface area contributed by atoms with Crippen LogP contribution in [0.5, 0.6) is 0 Å². The highest BCUT2D eigenvalue weighted by atomic mass is 32.2. The van der Waals surface area contributed by atoms with Crippen LogP contribution in [0, 0.1) is 23.7 Å². The van der Waals surface area contributed by atoms with Crippen molar-refractivity contribution >= 4 is 30.3 Å². The fourth-order valence-corrected chi connectivity index (χ4v) is 11.8. The molecule has 7 unspecified atom stereocenters. The number of quaternary nitrogens is 2. The van der Waals surface area contributed by atoms with Crippen molar-refractivity contribution in [1.29, 1.82) is 0 Å². The van der Waals surface area contributed by atoms with Gasteiger partial charge in [-0.15, -0.1) is 13.2 Å². The zero-order chi connectivity index (χ0) is 39.9. The average molecular weight is 793 g/mol. The smallest absolute Gasteiger partial charge is 0.217 e. The molecule has 5 aliphatic carbocycles. The number of allylic oxidation sites excluding steroid dienone is 16. The van der Waals surface area contributed by atoms with Gasteiger partial charge in [0.1, 0.15) is 36.2 Å². The Kier molecular flexibility index (Phi) is 11.4. The lowest BCUT2D eigenvalue weighted by Gasteiger charge is -2.38. The Morgan fingerprint density at radius 1 is 0.750 bits per heavy atom. The molecule has 7 atom stereocenters. The molecule has 9 heteroatoms. The number of hydrogen-bond donors (Lipinski definition) is 0. The maximum atomic E-state index is 11.8. The predicted octanol–water partition coefficient (Wildman–Crippen LogP) is 7.65. The predicted molar refractivity (Wildman–Crippen MR) is 229 cm³/mol. The summed E-state index contributed by atoms with van der Waals surface area (Å²) in [5.74, 6) is 1.94. The quantitative estimate of drug-likeness (QED) is 0.129. The fourth-order valence-electron chi connectivity index (χ4n) is 10.9. The molecule has 2 fully saturated rings. The minimum absolute atomic E-state index is 0.208. The molecule has 0 radical (unpaired) electrons. The van der Waals surface area contributed by atoms with E-state index < -0.39 is 20.6 Å². The molecule has 7 aliphatic rings. The number of hydrogen-bond acceptors (Lipinski definition) is 5. The van der Waals surface area contributed by atoms with E-state index in [1.807, 2.05) is 30.4 Å². The summed E-state index contributed by atoms with van der Waals surface area (Å²) in [6, 6.07) is 0.698. The van der Waals surface area contributed by atoms with Gasteiger partial charge in [0, 0.05) is 30.6 Å². The van der Waals surface area contributed by atoms with Crippen molar-refractivity contribution in [3.05, 3.63) is 156 Å². The summed E-state index contributed by atoms with van der Waals surface area (Å²) in [7, 11) is 4.78. The Bertz CT molecular complexity index is 2330. The molecule has 2 heterocycles. The van der Waals surface area contributed by atoms with Crippen molar-refractivity contribution < 1.29 is 30.5 Å². The van der Waals surface area contributed by atoms with Crippen LogP contribution in [0.3, 0.4) is 0 Å². The molecule has 0 aromatic rings. The third kappa shape index (κ3) is 7.01. The number of likely N-dealkylation sites (N-methyl/N-ethyl adjacent to an activating group) is 2. The highest BCUT2D eigenvalue weighted by Crippen LogP contribution is 2.53. The van der Waals surface area contributed by atoms with Crippen LogP contribution in [0.2, 0.25) is 0 Å². The summed E-state index contributed by atoms with van der Waals surface area (Å²) in [6.45, 7) is 12.7. The second-order valence-corrected chi connectivity index (χ2v) is 19.1. The van der Waals surface area contributed by atoms with Gasteiger partial charge >= 0.3 is 0 Å². The molecule has 0 amide bonds. The van der Waals surface area contributed by atoms with Gasteiger partial charge in [0.15, 0.2) is 0 Å². The molecular weight excluding hydrogens is 737 g/mol. The van der Waals surface area contributed by atoms with E-state index in [9.17, 15) is 16.8 Å². The van der Waals surface area contributed by atoms with E-state index >= 15 is 0 Å². The van der Waals surface area contributed by atoms with Gasteiger partial charge in [-0.3, -0.25) is 4.48 Å². The van der Waals surface area contributed by atoms with Gasteiger partial charge in [-0.05, 0) is 108 Å². The van der Waals surface area contributed by atoms with Crippen LogP contribution in [-0.2, 0) is 25.3 Å². The van der Waals surface area contributed by atoms with Crippen molar-refractivity contribution in [3.8, 4) is 0 Å². The van der Waals surface area contributed by atoms with Gasteiger partial charge in [-0.1, -0.05) is 55.2 Å². The van der Waals surface area contributed by atoms with Gasteiger partial charge in [-0.25, -0.2) is 0 Å². The summed E-state index contributed by atoms with van der Waals surface area (Å²) in [4.78, 5) is 0.874. The van der Waals surface area contributed by atoms with Crippen LogP contribution in [0.25, 0.3) is 0 Å². The van der Waals surface area contributed by atoms with E-state index in [-0.39, 0.29) is 35.9 Å². The lowest BCUT2D eigenvalue weighted by molar-refractivity contribution is -0.915. The van der Waals surface area contributed by atoms with E-state index in [0.717, 1.165) is 58.0 Å². The minimum atomic E-state index is -2.22. The highest BCUT2D eigenvalue weighted by molar-refractivity contribution is 7.73. The molecule has 0 spiro atoms. The van der Waals surface area contributed by atoms with Crippen LogP contribution >= 0.6 is 0 Å². The largest absolute Gasteiger partial charge is 0.489 e. The molecule has 0 N–H and O–H groups in total. The summed E-state index contributed by atoms with van der Waals surface area (Å²) in [5, 5.41) is 0. The zero-order valence-corrected chi connectivity index (χ0v) is 34.9. The number of rotatable bonds is 10. The normalized spacial score (nSPS) is 32.5.